The third-order valence-corrected chi connectivity index (χ3v) is 2.69. The Bertz CT molecular complexity index is 426. The van der Waals surface area contributed by atoms with Crippen LogP contribution in [0, 0.1) is 5.92 Å². The zero-order valence-corrected chi connectivity index (χ0v) is 10.9. The summed E-state index contributed by atoms with van der Waals surface area (Å²) in [6, 6.07) is 0. The molecule has 0 aliphatic rings. The molecule has 96 valence electrons. The molecule has 17 heavy (non-hydrogen) atoms. The molecule has 0 radical (unpaired) electrons. The van der Waals surface area contributed by atoms with Crippen LogP contribution < -0.4 is 11.3 Å². The van der Waals surface area contributed by atoms with Crippen molar-refractivity contribution >= 4 is 5.82 Å². The number of methoxy groups -OCH3 is 1. The molecule has 5 nitrogen and oxygen atoms in total. The van der Waals surface area contributed by atoms with Crippen LogP contribution in [-0.2, 0) is 11.2 Å². The van der Waals surface area contributed by atoms with Crippen molar-refractivity contribution in [2.75, 3.05) is 12.8 Å². The van der Waals surface area contributed by atoms with E-state index in [0.29, 0.717) is 23.6 Å². The van der Waals surface area contributed by atoms with Gasteiger partial charge in [0.25, 0.3) is 5.56 Å². The SMILES string of the molecule is CCCc1c(N)nc(C(OC)C(C)C)[nH]c1=O. The van der Waals surface area contributed by atoms with Crippen LogP contribution in [0.4, 0.5) is 5.82 Å². The maximum absolute atomic E-state index is 11.9. The summed E-state index contributed by atoms with van der Waals surface area (Å²) >= 11 is 0. The van der Waals surface area contributed by atoms with Gasteiger partial charge in [0.05, 0.1) is 5.56 Å². The van der Waals surface area contributed by atoms with E-state index in [-0.39, 0.29) is 17.6 Å². The molecule has 0 bridgehead atoms. The highest BCUT2D eigenvalue weighted by Gasteiger charge is 2.19. The van der Waals surface area contributed by atoms with Gasteiger partial charge >= 0.3 is 0 Å². The highest BCUT2D eigenvalue weighted by atomic mass is 16.5. The van der Waals surface area contributed by atoms with Crippen molar-refractivity contribution < 1.29 is 4.74 Å². The average Bonchev–Trinajstić information content (AvgIpc) is 2.24. The molecule has 0 aliphatic carbocycles. The lowest BCUT2D eigenvalue weighted by Gasteiger charge is -2.18. The van der Waals surface area contributed by atoms with E-state index in [1.54, 1.807) is 7.11 Å². The zero-order chi connectivity index (χ0) is 13.0. The van der Waals surface area contributed by atoms with E-state index in [0.717, 1.165) is 6.42 Å². The Morgan fingerprint density at radius 3 is 2.53 bits per heavy atom. The maximum Gasteiger partial charge on any atom is 0.256 e. The van der Waals surface area contributed by atoms with Crippen molar-refractivity contribution in [1.29, 1.82) is 0 Å². The van der Waals surface area contributed by atoms with Crippen molar-refractivity contribution in [2.45, 2.75) is 39.7 Å². The maximum atomic E-state index is 11.9. The van der Waals surface area contributed by atoms with Gasteiger partial charge in [0.1, 0.15) is 17.7 Å². The topological polar surface area (TPSA) is 81.0 Å². The summed E-state index contributed by atoms with van der Waals surface area (Å²) in [4.78, 5) is 18.9. The van der Waals surface area contributed by atoms with Crippen molar-refractivity contribution in [3.8, 4) is 0 Å². The average molecular weight is 239 g/mol. The molecule has 5 heteroatoms. The van der Waals surface area contributed by atoms with Gasteiger partial charge in [0, 0.05) is 7.11 Å². The first-order valence-corrected chi connectivity index (χ1v) is 5.92. The van der Waals surface area contributed by atoms with E-state index in [4.69, 9.17) is 10.5 Å². The Balaban J connectivity index is 3.17. The van der Waals surface area contributed by atoms with Gasteiger partial charge < -0.3 is 15.5 Å². The fraction of sp³-hybridized carbons (Fsp3) is 0.667. The van der Waals surface area contributed by atoms with Crippen molar-refractivity contribution in [1.82, 2.24) is 9.97 Å². The first kappa shape index (κ1) is 13.7. The second-order valence-electron chi connectivity index (χ2n) is 4.47. The van der Waals surface area contributed by atoms with E-state index in [2.05, 4.69) is 9.97 Å². The summed E-state index contributed by atoms with van der Waals surface area (Å²) in [7, 11) is 1.60. The van der Waals surface area contributed by atoms with Crippen LogP contribution in [0.25, 0.3) is 0 Å². The molecule has 0 saturated carbocycles. The fourth-order valence-corrected chi connectivity index (χ4v) is 1.86. The quantitative estimate of drug-likeness (QED) is 0.818. The minimum atomic E-state index is -0.235. The molecule has 0 spiro atoms. The number of nitrogens with zero attached hydrogens (tertiary/aromatic N) is 1. The van der Waals surface area contributed by atoms with Gasteiger partial charge in [-0.25, -0.2) is 4.98 Å². The Morgan fingerprint density at radius 1 is 1.47 bits per heavy atom. The monoisotopic (exact) mass is 239 g/mol. The van der Waals surface area contributed by atoms with Crippen LogP contribution in [0.5, 0.6) is 0 Å². The molecule has 1 unspecified atom stereocenters. The predicted molar refractivity (Wildman–Crippen MR) is 67.9 cm³/mol. The number of H-pyrrole nitrogens is 1. The number of rotatable bonds is 5. The van der Waals surface area contributed by atoms with Crippen LogP contribution in [0.3, 0.4) is 0 Å². The third kappa shape index (κ3) is 3.06. The van der Waals surface area contributed by atoms with Gasteiger partial charge in [0.2, 0.25) is 0 Å². The van der Waals surface area contributed by atoms with E-state index < -0.39 is 0 Å². The minimum Gasteiger partial charge on any atom is -0.383 e. The van der Waals surface area contributed by atoms with Crippen LogP contribution in [0.1, 0.15) is 44.7 Å². The molecule has 0 aromatic carbocycles. The highest BCUT2D eigenvalue weighted by molar-refractivity contribution is 5.37. The summed E-state index contributed by atoms with van der Waals surface area (Å²) < 4.78 is 5.32. The standard InChI is InChI=1S/C12H21N3O2/c1-5-6-8-10(13)14-11(15-12(8)16)9(17-4)7(2)3/h7,9H,5-6H2,1-4H3,(H3,13,14,15,16). The van der Waals surface area contributed by atoms with Crippen LogP contribution in [0.15, 0.2) is 4.79 Å². The van der Waals surface area contributed by atoms with Crippen LogP contribution >= 0.6 is 0 Å². The number of nitrogen functional groups attached to an aromatic ring is 1. The number of hydrogen-bond donors (Lipinski definition) is 2. The molecule has 1 heterocycles. The van der Waals surface area contributed by atoms with E-state index in [1.807, 2.05) is 20.8 Å². The minimum absolute atomic E-state index is 0.156. The van der Waals surface area contributed by atoms with E-state index in [9.17, 15) is 4.79 Å². The number of aromatic amines is 1. The number of anilines is 1. The Morgan fingerprint density at radius 2 is 2.12 bits per heavy atom. The van der Waals surface area contributed by atoms with Crippen molar-refractivity contribution in [3.05, 3.63) is 21.7 Å². The number of nitrogens with two attached hydrogens (primary N) is 1. The molecule has 0 fully saturated rings. The molecular weight excluding hydrogens is 218 g/mol. The van der Waals surface area contributed by atoms with Gasteiger partial charge in [-0.3, -0.25) is 4.79 Å². The molecule has 3 N–H and O–H groups in total. The smallest absolute Gasteiger partial charge is 0.256 e. The highest BCUT2D eigenvalue weighted by Crippen LogP contribution is 2.22. The van der Waals surface area contributed by atoms with Gasteiger partial charge in [-0.2, -0.15) is 0 Å². The summed E-state index contributed by atoms with van der Waals surface area (Å²) in [5.41, 5.74) is 6.22. The Kier molecular flexibility index (Phi) is 4.69. The number of hydrogen-bond acceptors (Lipinski definition) is 4. The van der Waals surface area contributed by atoms with Gasteiger partial charge in [-0.1, -0.05) is 27.2 Å². The second-order valence-corrected chi connectivity index (χ2v) is 4.47. The molecule has 1 rings (SSSR count). The first-order chi connectivity index (χ1) is 8.01. The molecule has 1 aromatic rings. The predicted octanol–water partition coefficient (Wildman–Crippen LogP) is 1.65. The third-order valence-electron chi connectivity index (χ3n) is 2.69. The molecule has 0 saturated heterocycles. The molecule has 0 amide bonds. The fourth-order valence-electron chi connectivity index (χ4n) is 1.86. The van der Waals surface area contributed by atoms with Gasteiger partial charge in [-0.05, 0) is 12.3 Å². The Hall–Kier alpha value is -1.36. The summed E-state index contributed by atoms with van der Waals surface area (Å²) in [5.74, 6) is 1.04. The van der Waals surface area contributed by atoms with E-state index >= 15 is 0 Å². The molecule has 1 atom stereocenters. The number of ether oxygens (including phenoxy) is 1. The summed E-state index contributed by atoms with van der Waals surface area (Å²) in [6.07, 6.45) is 1.28. The van der Waals surface area contributed by atoms with Gasteiger partial charge in [-0.15, -0.1) is 0 Å². The lowest BCUT2D eigenvalue weighted by molar-refractivity contribution is 0.0573. The van der Waals surface area contributed by atoms with Gasteiger partial charge in [0.15, 0.2) is 0 Å². The second kappa shape index (κ2) is 5.82. The lowest BCUT2D eigenvalue weighted by atomic mass is 10.1. The largest absolute Gasteiger partial charge is 0.383 e. The zero-order valence-electron chi connectivity index (χ0n) is 10.9. The normalized spacial score (nSPS) is 13.0. The summed E-state index contributed by atoms with van der Waals surface area (Å²) in [5, 5.41) is 0. The summed E-state index contributed by atoms with van der Waals surface area (Å²) in [6.45, 7) is 6.01. The van der Waals surface area contributed by atoms with Crippen molar-refractivity contribution in [3.63, 3.8) is 0 Å². The molecular formula is C12H21N3O2. The van der Waals surface area contributed by atoms with E-state index in [1.165, 1.54) is 0 Å². The lowest BCUT2D eigenvalue weighted by Crippen LogP contribution is -2.23. The molecule has 0 aliphatic heterocycles. The van der Waals surface area contributed by atoms with Crippen LogP contribution in [-0.4, -0.2) is 17.1 Å². The number of nitrogens with one attached hydrogen (secondary N) is 1. The molecule has 1 aromatic heterocycles. The first-order valence-electron chi connectivity index (χ1n) is 5.92. The van der Waals surface area contributed by atoms with Crippen LogP contribution in [0.2, 0.25) is 0 Å². The Labute approximate surface area is 101 Å². The number of aromatic nitrogens is 2. The van der Waals surface area contributed by atoms with Crippen molar-refractivity contribution in [2.24, 2.45) is 5.92 Å².